The maximum atomic E-state index is 13.7. The zero-order chi connectivity index (χ0) is 22.6. The van der Waals surface area contributed by atoms with E-state index >= 15 is 0 Å². The number of hydrogen-bond donors (Lipinski definition) is 1. The minimum absolute atomic E-state index is 0.0110. The van der Waals surface area contributed by atoms with E-state index in [1.54, 1.807) is 23.1 Å². The molecule has 7 nitrogen and oxygen atoms in total. The number of phenols is 1. The number of benzene rings is 2. The van der Waals surface area contributed by atoms with Crippen molar-refractivity contribution >= 4 is 16.9 Å². The van der Waals surface area contributed by atoms with Crippen LogP contribution in [0.2, 0.25) is 0 Å². The first kappa shape index (κ1) is 20.6. The smallest absolute Gasteiger partial charge is 0.291 e. The van der Waals surface area contributed by atoms with Crippen LogP contribution < -0.4 is 10.2 Å². The summed E-state index contributed by atoms with van der Waals surface area (Å²) >= 11 is 0. The molecule has 2 aliphatic rings. The van der Waals surface area contributed by atoms with Crippen molar-refractivity contribution in [2.75, 3.05) is 20.3 Å². The van der Waals surface area contributed by atoms with Gasteiger partial charge in [0.2, 0.25) is 5.76 Å². The minimum Gasteiger partial charge on any atom is -0.504 e. The van der Waals surface area contributed by atoms with Crippen molar-refractivity contribution in [2.45, 2.75) is 38.8 Å². The standard InChI is InChI=1S/C25H25NO6/c1-13-9-17-19(10-14(13)2)32-24-21(23(17)28)22(15-6-7-18(27)20(11-15)30-3)26(25(24)29)12-16-5-4-8-31-16/h6-7,9-11,16,22,27H,4-5,8,12H2,1-3H3. The molecule has 3 aromatic rings. The lowest BCUT2D eigenvalue weighted by Crippen LogP contribution is -2.36. The molecule has 0 saturated carbocycles. The average molecular weight is 435 g/mol. The Balaban J connectivity index is 1.73. The van der Waals surface area contributed by atoms with Crippen LogP contribution in [0.15, 0.2) is 39.5 Å². The monoisotopic (exact) mass is 435 g/mol. The number of fused-ring (bicyclic) bond motifs is 2. The van der Waals surface area contributed by atoms with Gasteiger partial charge >= 0.3 is 0 Å². The van der Waals surface area contributed by atoms with Crippen molar-refractivity contribution in [1.29, 1.82) is 0 Å². The fourth-order valence-corrected chi connectivity index (χ4v) is 4.68. The van der Waals surface area contributed by atoms with Crippen LogP contribution in [-0.4, -0.2) is 42.3 Å². The third-order valence-corrected chi connectivity index (χ3v) is 6.53. The first-order valence-corrected chi connectivity index (χ1v) is 10.8. The molecule has 1 N–H and O–H groups in total. The van der Waals surface area contributed by atoms with Crippen LogP contribution in [0.1, 0.15) is 51.7 Å². The highest BCUT2D eigenvalue weighted by Gasteiger charge is 2.44. The Kier molecular flexibility index (Phi) is 4.93. The first-order chi connectivity index (χ1) is 15.4. The molecule has 0 spiro atoms. The summed E-state index contributed by atoms with van der Waals surface area (Å²) < 4.78 is 17.1. The van der Waals surface area contributed by atoms with Crippen LogP contribution in [0.3, 0.4) is 0 Å². The summed E-state index contributed by atoms with van der Waals surface area (Å²) in [6, 6.07) is 7.85. The fourth-order valence-electron chi connectivity index (χ4n) is 4.68. The van der Waals surface area contributed by atoms with Crippen LogP contribution in [0.5, 0.6) is 11.5 Å². The number of amides is 1. The number of carbonyl (C=O) groups is 1. The number of hydrogen-bond acceptors (Lipinski definition) is 6. The molecule has 1 fully saturated rings. The molecule has 1 amide bonds. The van der Waals surface area contributed by atoms with Gasteiger partial charge in [-0.2, -0.15) is 0 Å². The predicted octanol–water partition coefficient (Wildman–Crippen LogP) is 3.85. The van der Waals surface area contributed by atoms with Crippen LogP contribution in [0.25, 0.3) is 11.0 Å². The van der Waals surface area contributed by atoms with Gasteiger partial charge in [-0.05, 0) is 67.6 Å². The molecule has 7 heteroatoms. The van der Waals surface area contributed by atoms with Gasteiger partial charge in [-0.15, -0.1) is 0 Å². The maximum absolute atomic E-state index is 13.7. The van der Waals surface area contributed by atoms with Crippen molar-refractivity contribution in [3.63, 3.8) is 0 Å². The Morgan fingerprint density at radius 3 is 2.66 bits per heavy atom. The van der Waals surface area contributed by atoms with E-state index in [-0.39, 0.29) is 34.7 Å². The van der Waals surface area contributed by atoms with E-state index in [0.717, 1.165) is 24.0 Å². The summed E-state index contributed by atoms with van der Waals surface area (Å²) in [4.78, 5) is 28.8. The van der Waals surface area contributed by atoms with Crippen molar-refractivity contribution < 1.29 is 23.8 Å². The third-order valence-electron chi connectivity index (χ3n) is 6.53. The van der Waals surface area contributed by atoms with Gasteiger partial charge in [0.1, 0.15) is 5.58 Å². The summed E-state index contributed by atoms with van der Waals surface area (Å²) in [5, 5.41) is 10.5. The molecule has 1 saturated heterocycles. The van der Waals surface area contributed by atoms with Crippen LogP contribution in [0.4, 0.5) is 0 Å². The topological polar surface area (TPSA) is 89.2 Å². The van der Waals surface area contributed by atoms with Gasteiger partial charge in [0.25, 0.3) is 5.91 Å². The molecule has 0 radical (unpaired) electrons. The van der Waals surface area contributed by atoms with Gasteiger partial charge in [-0.1, -0.05) is 6.07 Å². The fraction of sp³-hybridized carbons (Fsp3) is 0.360. The van der Waals surface area contributed by atoms with Crippen molar-refractivity contribution in [2.24, 2.45) is 0 Å². The Hall–Kier alpha value is -3.32. The van der Waals surface area contributed by atoms with Gasteiger partial charge in [0.15, 0.2) is 16.9 Å². The van der Waals surface area contributed by atoms with E-state index in [4.69, 9.17) is 13.9 Å². The number of nitrogens with zero attached hydrogens (tertiary/aromatic N) is 1. The van der Waals surface area contributed by atoms with Gasteiger partial charge in [-0.3, -0.25) is 9.59 Å². The largest absolute Gasteiger partial charge is 0.504 e. The molecule has 2 aliphatic heterocycles. The predicted molar refractivity (Wildman–Crippen MR) is 118 cm³/mol. The molecule has 166 valence electrons. The summed E-state index contributed by atoms with van der Waals surface area (Å²) in [6.45, 7) is 4.90. The van der Waals surface area contributed by atoms with Crippen LogP contribution >= 0.6 is 0 Å². The number of ether oxygens (including phenoxy) is 2. The summed E-state index contributed by atoms with van der Waals surface area (Å²) in [7, 11) is 1.46. The molecule has 5 rings (SSSR count). The highest BCUT2D eigenvalue weighted by atomic mass is 16.5. The lowest BCUT2D eigenvalue weighted by atomic mass is 9.97. The number of methoxy groups -OCH3 is 1. The van der Waals surface area contributed by atoms with E-state index in [9.17, 15) is 14.7 Å². The van der Waals surface area contributed by atoms with Crippen molar-refractivity contribution in [3.05, 3.63) is 68.6 Å². The zero-order valence-electron chi connectivity index (χ0n) is 18.3. The minimum atomic E-state index is -0.654. The Morgan fingerprint density at radius 2 is 1.94 bits per heavy atom. The number of aryl methyl sites for hydroxylation is 2. The molecular formula is C25H25NO6. The lowest BCUT2D eigenvalue weighted by molar-refractivity contribution is 0.0486. The molecule has 2 aromatic carbocycles. The van der Waals surface area contributed by atoms with Gasteiger partial charge < -0.3 is 23.9 Å². The number of rotatable bonds is 4. The van der Waals surface area contributed by atoms with E-state index < -0.39 is 6.04 Å². The summed E-state index contributed by atoms with van der Waals surface area (Å²) in [5.74, 6) is 0.00536. The molecular weight excluding hydrogens is 410 g/mol. The molecule has 2 atom stereocenters. The SMILES string of the molecule is COc1cc(C2c3c(oc4cc(C)c(C)cc4c3=O)C(=O)N2CC2CCCO2)ccc1O. The second-order valence-electron chi connectivity index (χ2n) is 8.53. The number of carbonyl (C=O) groups excluding carboxylic acids is 1. The molecule has 0 bridgehead atoms. The molecule has 3 heterocycles. The number of aromatic hydroxyl groups is 1. The van der Waals surface area contributed by atoms with Crippen molar-refractivity contribution in [1.82, 2.24) is 4.90 Å². The summed E-state index contributed by atoms with van der Waals surface area (Å²) in [5.41, 5.74) is 3.14. The quantitative estimate of drug-likeness (QED) is 0.670. The molecule has 0 aliphatic carbocycles. The normalized spacial score (nSPS) is 20.2. The van der Waals surface area contributed by atoms with Gasteiger partial charge in [0, 0.05) is 13.2 Å². The summed E-state index contributed by atoms with van der Waals surface area (Å²) in [6.07, 6.45) is 1.70. The Morgan fingerprint density at radius 1 is 1.16 bits per heavy atom. The molecule has 32 heavy (non-hydrogen) atoms. The van der Waals surface area contributed by atoms with E-state index in [1.165, 1.54) is 13.2 Å². The second-order valence-corrected chi connectivity index (χ2v) is 8.53. The lowest BCUT2D eigenvalue weighted by Gasteiger charge is -2.27. The second kappa shape index (κ2) is 7.67. The highest BCUT2D eigenvalue weighted by molar-refractivity contribution is 5.99. The first-order valence-electron chi connectivity index (χ1n) is 10.8. The van der Waals surface area contributed by atoms with Crippen molar-refractivity contribution in [3.8, 4) is 11.5 Å². The zero-order valence-corrected chi connectivity index (χ0v) is 18.3. The third kappa shape index (κ3) is 3.15. The number of phenolic OH excluding ortho intramolecular Hbond substituents is 1. The van der Waals surface area contributed by atoms with Gasteiger partial charge in [-0.25, -0.2) is 0 Å². The molecule has 1 aromatic heterocycles. The Bertz CT molecular complexity index is 1290. The van der Waals surface area contributed by atoms with E-state index in [2.05, 4.69) is 0 Å². The van der Waals surface area contributed by atoms with Gasteiger partial charge in [0.05, 0.1) is 30.2 Å². The van der Waals surface area contributed by atoms with Crippen LogP contribution in [-0.2, 0) is 4.74 Å². The van der Waals surface area contributed by atoms with Crippen LogP contribution in [0, 0.1) is 13.8 Å². The highest BCUT2D eigenvalue weighted by Crippen LogP contribution is 2.41. The average Bonchev–Trinajstić information content (AvgIpc) is 3.38. The Labute approximate surface area is 185 Å². The van der Waals surface area contributed by atoms with E-state index in [0.29, 0.717) is 35.2 Å². The molecule has 2 unspecified atom stereocenters. The van der Waals surface area contributed by atoms with E-state index in [1.807, 2.05) is 19.9 Å². The maximum Gasteiger partial charge on any atom is 0.291 e.